The van der Waals surface area contributed by atoms with Gasteiger partial charge in [-0.2, -0.15) is 5.26 Å². The van der Waals surface area contributed by atoms with Crippen molar-refractivity contribution in [2.45, 2.75) is 57.0 Å². The lowest BCUT2D eigenvalue weighted by atomic mass is 10.0. The molecule has 0 saturated carbocycles. The summed E-state index contributed by atoms with van der Waals surface area (Å²) in [6.07, 6.45) is 6.01. The highest BCUT2D eigenvalue weighted by Gasteiger charge is 2.27. The second-order valence-corrected chi connectivity index (χ2v) is 16.6. The normalized spacial score (nSPS) is 16.6. The molecule has 270 valence electrons. The van der Waals surface area contributed by atoms with Crippen LogP contribution in [0.5, 0.6) is 11.6 Å². The summed E-state index contributed by atoms with van der Waals surface area (Å²) in [6.45, 7) is 7.82. The van der Waals surface area contributed by atoms with Gasteiger partial charge in [0.25, 0.3) is 5.91 Å². The van der Waals surface area contributed by atoms with Crippen LogP contribution in [0.25, 0.3) is 10.9 Å². The molecule has 1 N–H and O–H groups in total. The molecule has 51 heavy (non-hydrogen) atoms. The van der Waals surface area contributed by atoms with Crippen LogP contribution in [0.1, 0.15) is 52.9 Å². The Balaban J connectivity index is 1.03. The molecule has 0 aliphatic carbocycles. The van der Waals surface area contributed by atoms with Gasteiger partial charge in [-0.05, 0) is 87.2 Å². The number of carbonyl (C=O) groups excluding carboxylic acids is 1. The Morgan fingerprint density at radius 1 is 1.02 bits per heavy atom. The van der Waals surface area contributed by atoms with Gasteiger partial charge in [0, 0.05) is 86.7 Å². The fraction of sp³-hybridized carbons (Fsp3) is 0.459. The van der Waals surface area contributed by atoms with E-state index in [-0.39, 0.29) is 17.2 Å². The molecule has 6 rings (SSSR count). The first-order valence-electron chi connectivity index (χ1n) is 17.3. The first kappa shape index (κ1) is 36.6. The van der Waals surface area contributed by atoms with E-state index in [0.29, 0.717) is 53.1 Å². The maximum absolute atomic E-state index is 12.4. The lowest BCUT2D eigenvalue weighted by molar-refractivity contribution is 0.0827. The predicted molar refractivity (Wildman–Crippen MR) is 199 cm³/mol. The number of amides is 1. The van der Waals surface area contributed by atoms with Crippen molar-refractivity contribution in [3.63, 3.8) is 0 Å². The number of sulfone groups is 1. The lowest BCUT2D eigenvalue weighted by Gasteiger charge is -2.33. The number of anilines is 1. The van der Waals surface area contributed by atoms with Gasteiger partial charge >= 0.3 is 0 Å². The van der Waals surface area contributed by atoms with Gasteiger partial charge < -0.3 is 24.4 Å². The van der Waals surface area contributed by atoms with Gasteiger partial charge in [0.1, 0.15) is 39.5 Å². The van der Waals surface area contributed by atoms with E-state index in [4.69, 9.17) is 16.3 Å². The van der Waals surface area contributed by atoms with E-state index in [0.717, 1.165) is 63.0 Å². The molecule has 0 bridgehead atoms. The maximum atomic E-state index is 12.4. The van der Waals surface area contributed by atoms with E-state index in [2.05, 4.69) is 54.8 Å². The predicted octanol–water partition coefficient (Wildman–Crippen LogP) is 5.34. The number of halogens is 1. The number of hydrogen-bond acceptors (Lipinski definition) is 10. The molecular weight excluding hydrogens is 688 g/mol. The smallest absolute Gasteiger partial charge is 0.253 e. The van der Waals surface area contributed by atoms with Crippen molar-refractivity contribution in [2.75, 3.05) is 58.4 Å². The van der Waals surface area contributed by atoms with Crippen LogP contribution in [0.3, 0.4) is 0 Å². The Morgan fingerprint density at radius 2 is 1.75 bits per heavy atom. The van der Waals surface area contributed by atoms with Gasteiger partial charge in [-0.1, -0.05) is 17.7 Å². The number of likely N-dealkylation sites (tertiary alicyclic amines) is 2. The number of piperidine rings is 2. The van der Waals surface area contributed by atoms with E-state index >= 15 is 0 Å². The summed E-state index contributed by atoms with van der Waals surface area (Å²) < 4.78 is 32.0. The quantitative estimate of drug-likeness (QED) is 0.215. The zero-order valence-corrected chi connectivity index (χ0v) is 31.2. The van der Waals surface area contributed by atoms with Crippen LogP contribution in [0, 0.1) is 18.3 Å². The molecule has 0 spiro atoms. The second kappa shape index (κ2) is 15.6. The summed E-state index contributed by atoms with van der Waals surface area (Å²) in [7, 11) is 0.366. The van der Waals surface area contributed by atoms with Crippen molar-refractivity contribution in [1.82, 2.24) is 29.2 Å². The molecule has 0 radical (unpaired) electrons. The van der Waals surface area contributed by atoms with Crippen molar-refractivity contribution in [3.8, 4) is 17.7 Å². The number of hydrogen-bond donors (Lipinski definition) is 1. The number of aryl methyl sites for hydroxylation is 1. The average Bonchev–Trinajstić information content (AvgIpc) is 3.47. The number of nitriles is 1. The fourth-order valence-corrected chi connectivity index (χ4v) is 8.40. The average molecular weight is 733 g/mol. The number of carbonyl (C=O) groups is 1. The van der Waals surface area contributed by atoms with Gasteiger partial charge in [-0.3, -0.25) is 9.69 Å². The third-order valence-electron chi connectivity index (χ3n) is 10.1. The number of fused-ring (bicyclic) bond motifs is 1. The van der Waals surface area contributed by atoms with Crippen molar-refractivity contribution in [3.05, 3.63) is 76.2 Å². The Hall–Kier alpha value is -4.22. The van der Waals surface area contributed by atoms with Crippen LogP contribution in [0.4, 0.5) is 5.82 Å². The van der Waals surface area contributed by atoms with Crippen molar-refractivity contribution >= 4 is 44.1 Å². The summed E-state index contributed by atoms with van der Waals surface area (Å²) >= 11 is 6.26. The van der Waals surface area contributed by atoms with E-state index in [1.807, 2.05) is 6.07 Å². The molecule has 4 aromatic rings. The highest BCUT2D eigenvalue weighted by atomic mass is 35.5. The Morgan fingerprint density at radius 3 is 2.43 bits per heavy atom. The van der Waals surface area contributed by atoms with Crippen LogP contribution in [0.15, 0.2) is 48.8 Å². The van der Waals surface area contributed by atoms with Gasteiger partial charge in [0.2, 0.25) is 5.88 Å². The molecule has 2 aliphatic rings. The van der Waals surface area contributed by atoms with E-state index in [1.165, 1.54) is 28.6 Å². The zero-order valence-electron chi connectivity index (χ0n) is 29.6. The third-order valence-corrected chi connectivity index (χ3v) is 12.0. The van der Waals surface area contributed by atoms with Crippen molar-refractivity contribution in [1.29, 1.82) is 5.26 Å². The minimum atomic E-state index is -3.00. The minimum absolute atomic E-state index is 0.171. The van der Waals surface area contributed by atoms with Crippen LogP contribution >= 0.6 is 11.6 Å². The summed E-state index contributed by atoms with van der Waals surface area (Å²) in [6, 6.07) is 15.6. The van der Waals surface area contributed by atoms with Gasteiger partial charge in [-0.25, -0.2) is 18.4 Å². The van der Waals surface area contributed by atoms with E-state index in [1.54, 1.807) is 38.4 Å². The fourth-order valence-electron chi connectivity index (χ4n) is 7.11. The molecule has 2 fully saturated rings. The Bertz CT molecular complexity index is 2050. The largest absolute Gasteiger partial charge is 0.439 e. The number of benzene rings is 2. The number of nitrogens with zero attached hydrogens (tertiary/aromatic N) is 7. The van der Waals surface area contributed by atoms with Crippen LogP contribution in [0.2, 0.25) is 5.02 Å². The summed E-state index contributed by atoms with van der Waals surface area (Å²) in [4.78, 5) is 27.3. The second-order valence-electron chi connectivity index (χ2n) is 13.9. The molecule has 4 heterocycles. The zero-order chi connectivity index (χ0) is 36.3. The number of aromatic nitrogens is 3. The lowest BCUT2D eigenvalue weighted by Crippen LogP contribution is -2.40. The molecule has 2 aromatic carbocycles. The highest BCUT2D eigenvalue weighted by molar-refractivity contribution is 7.91. The van der Waals surface area contributed by atoms with Crippen molar-refractivity contribution in [2.24, 2.45) is 0 Å². The monoisotopic (exact) mass is 732 g/mol. The van der Waals surface area contributed by atoms with Gasteiger partial charge in [-0.15, -0.1) is 0 Å². The molecule has 2 aliphatic heterocycles. The van der Waals surface area contributed by atoms with Gasteiger partial charge in [0.15, 0.2) is 0 Å². The summed E-state index contributed by atoms with van der Waals surface area (Å²) in [5.74, 6) is 1.27. The first-order valence-corrected chi connectivity index (χ1v) is 19.6. The standard InChI is InChI=1S/C37H45ClN8O4S/c1-25-26(5-6-34-33(25)20-30(22-39)46(34)16-15-44-13-9-32(10-14-44)51(4,48)49)23-45-11-7-29(8-12-45)42-35-21-36(41-24-40-35)50-31-18-27(17-28(38)19-31)37(47)43(2)3/h5-6,17-21,24,29,32H,7-16,23H2,1-4H3,(H,40,41,42). The maximum Gasteiger partial charge on any atom is 0.253 e. The first-order chi connectivity index (χ1) is 24.4. The van der Waals surface area contributed by atoms with E-state index in [9.17, 15) is 18.5 Å². The molecular formula is C37H45ClN8O4S. The minimum Gasteiger partial charge on any atom is -0.439 e. The molecule has 14 heteroatoms. The Labute approximate surface area is 304 Å². The SMILES string of the molecule is Cc1c(CN2CCC(Nc3cc(Oc4cc(Cl)cc(C(=O)N(C)C)c4)ncn3)CC2)ccc2c1cc(C#N)n2CCN1CCC(S(C)(=O)=O)CC1. The topological polar surface area (TPSA) is 137 Å². The van der Waals surface area contributed by atoms with Crippen molar-refractivity contribution < 1.29 is 17.9 Å². The number of ether oxygens (including phenoxy) is 1. The number of rotatable bonds is 11. The van der Waals surface area contributed by atoms with Gasteiger partial charge in [0.05, 0.1) is 5.25 Å². The van der Waals surface area contributed by atoms with Crippen LogP contribution < -0.4 is 10.1 Å². The summed E-state index contributed by atoms with van der Waals surface area (Å²) in [5, 5.41) is 14.8. The summed E-state index contributed by atoms with van der Waals surface area (Å²) in [5.41, 5.74) is 4.60. The molecule has 12 nitrogen and oxygen atoms in total. The van der Waals surface area contributed by atoms with Crippen LogP contribution in [-0.4, -0.2) is 108 Å². The highest BCUT2D eigenvalue weighted by Crippen LogP contribution is 2.29. The third kappa shape index (κ3) is 8.81. The molecule has 0 atom stereocenters. The van der Waals surface area contributed by atoms with Crippen LogP contribution in [-0.2, 0) is 22.9 Å². The molecule has 2 saturated heterocycles. The number of nitrogens with one attached hydrogen (secondary N) is 1. The molecule has 0 unspecified atom stereocenters. The molecule has 1 amide bonds. The Kier molecular flexibility index (Phi) is 11.2. The van der Waals surface area contributed by atoms with E-state index < -0.39 is 9.84 Å². The molecule has 2 aromatic heterocycles.